The van der Waals surface area contributed by atoms with Gasteiger partial charge in [-0.25, -0.2) is 4.79 Å². The first-order chi connectivity index (χ1) is 18.5. The van der Waals surface area contributed by atoms with E-state index in [0.29, 0.717) is 25.0 Å². The number of fused-ring (bicyclic) bond motifs is 3. The van der Waals surface area contributed by atoms with Crippen molar-refractivity contribution < 1.29 is 38.7 Å². The van der Waals surface area contributed by atoms with Crippen LogP contribution in [0, 0.1) is 0 Å². The summed E-state index contributed by atoms with van der Waals surface area (Å²) in [7, 11) is 1.23. The van der Waals surface area contributed by atoms with Gasteiger partial charge in [-0.3, -0.25) is 9.69 Å². The SMILES string of the molecule is CCC1=C[C@]23CCCN2CCc2cc4c(cc2[C@@H]3C1OC(=O)C(O)(CCCC(C)(C)O)CC(=O)OC)OCO4. The smallest absolute Gasteiger partial charge is 0.339 e. The number of carbonyl (C=O) groups excluding carboxylic acids is 2. The number of nitrogens with zero attached hydrogens (tertiary/aromatic N) is 1. The van der Waals surface area contributed by atoms with Gasteiger partial charge in [0.15, 0.2) is 17.1 Å². The molecule has 214 valence electrons. The van der Waals surface area contributed by atoms with Crippen LogP contribution < -0.4 is 9.47 Å². The van der Waals surface area contributed by atoms with Crippen LogP contribution in [0.2, 0.25) is 0 Å². The summed E-state index contributed by atoms with van der Waals surface area (Å²) in [5.74, 6) is -0.273. The molecule has 39 heavy (non-hydrogen) atoms. The predicted octanol–water partition coefficient (Wildman–Crippen LogP) is 3.39. The van der Waals surface area contributed by atoms with Gasteiger partial charge < -0.3 is 29.2 Å². The Labute approximate surface area is 230 Å². The lowest BCUT2D eigenvalue weighted by Gasteiger charge is -2.40. The molecule has 4 atom stereocenters. The molecule has 1 fully saturated rings. The maximum absolute atomic E-state index is 13.8. The molecule has 9 nitrogen and oxygen atoms in total. The Morgan fingerprint density at radius 3 is 2.59 bits per heavy atom. The second-order valence-electron chi connectivity index (χ2n) is 12.1. The van der Waals surface area contributed by atoms with Crippen LogP contribution in [0.25, 0.3) is 0 Å². The molecule has 0 bridgehead atoms. The van der Waals surface area contributed by atoms with Gasteiger partial charge in [0.2, 0.25) is 6.79 Å². The normalized spacial score (nSPS) is 27.1. The third-order valence-corrected chi connectivity index (χ3v) is 8.92. The van der Waals surface area contributed by atoms with Gasteiger partial charge in [0.1, 0.15) is 6.10 Å². The molecule has 2 unspecified atom stereocenters. The van der Waals surface area contributed by atoms with Gasteiger partial charge in [0.05, 0.1) is 24.7 Å². The summed E-state index contributed by atoms with van der Waals surface area (Å²) in [5, 5.41) is 21.7. The number of benzene rings is 1. The second-order valence-corrected chi connectivity index (χ2v) is 12.1. The number of hydrogen-bond donors (Lipinski definition) is 2. The van der Waals surface area contributed by atoms with Crippen LogP contribution in [-0.4, -0.2) is 76.9 Å². The van der Waals surface area contributed by atoms with Gasteiger partial charge in [0.25, 0.3) is 0 Å². The van der Waals surface area contributed by atoms with Crippen molar-refractivity contribution in [1.82, 2.24) is 4.90 Å². The Morgan fingerprint density at radius 1 is 1.15 bits per heavy atom. The summed E-state index contributed by atoms with van der Waals surface area (Å²) < 4.78 is 22.5. The molecule has 0 amide bonds. The summed E-state index contributed by atoms with van der Waals surface area (Å²) >= 11 is 0. The highest BCUT2D eigenvalue weighted by Crippen LogP contribution is 2.56. The van der Waals surface area contributed by atoms with Crippen molar-refractivity contribution in [1.29, 1.82) is 0 Å². The van der Waals surface area contributed by atoms with Crippen molar-refractivity contribution in [2.75, 3.05) is 27.0 Å². The van der Waals surface area contributed by atoms with E-state index < -0.39 is 35.7 Å². The third kappa shape index (κ3) is 5.16. The van der Waals surface area contributed by atoms with Crippen molar-refractivity contribution in [3.63, 3.8) is 0 Å². The highest BCUT2D eigenvalue weighted by molar-refractivity contribution is 5.86. The van der Waals surface area contributed by atoms with Crippen LogP contribution in [0.4, 0.5) is 0 Å². The average molecular weight is 544 g/mol. The van der Waals surface area contributed by atoms with Gasteiger partial charge in [-0.1, -0.05) is 13.0 Å². The highest BCUT2D eigenvalue weighted by atomic mass is 16.7. The standard InChI is InChI=1S/C30H41NO8/c1-5-19-16-29-10-7-12-31(29)13-8-20-14-22-23(38-18-37-22)15-21(20)25(29)26(19)39-27(33)30(35,17-24(32)36-4)11-6-9-28(2,3)34/h14-16,25-26,34-35H,5-13,17-18H2,1-4H3/t25-,26?,29+,30?/m1/s1. The van der Waals surface area contributed by atoms with E-state index >= 15 is 0 Å². The molecule has 2 N–H and O–H groups in total. The molecule has 1 saturated heterocycles. The van der Waals surface area contributed by atoms with Crippen LogP contribution in [-0.2, 0) is 25.5 Å². The molecule has 0 radical (unpaired) electrons. The number of aliphatic hydroxyl groups is 2. The zero-order valence-corrected chi connectivity index (χ0v) is 23.5. The highest BCUT2D eigenvalue weighted by Gasteiger charge is 2.57. The zero-order valence-electron chi connectivity index (χ0n) is 23.5. The van der Waals surface area contributed by atoms with E-state index in [1.807, 2.05) is 6.07 Å². The minimum atomic E-state index is -2.06. The first-order valence-electron chi connectivity index (χ1n) is 14.1. The summed E-state index contributed by atoms with van der Waals surface area (Å²) in [5.41, 5.74) is -0.0719. The van der Waals surface area contributed by atoms with Gasteiger partial charge in [-0.05, 0) is 94.2 Å². The van der Waals surface area contributed by atoms with Crippen LogP contribution in [0.5, 0.6) is 11.5 Å². The van der Waals surface area contributed by atoms with Crippen LogP contribution in [0.1, 0.15) is 82.8 Å². The van der Waals surface area contributed by atoms with E-state index in [2.05, 4.69) is 24.0 Å². The molecule has 5 rings (SSSR count). The summed E-state index contributed by atoms with van der Waals surface area (Å²) in [6, 6.07) is 4.10. The van der Waals surface area contributed by atoms with E-state index in [-0.39, 0.29) is 24.7 Å². The van der Waals surface area contributed by atoms with Crippen molar-refractivity contribution in [3.05, 3.63) is 34.9 Å². The molecule has 1 spiro atoms. The molecule has 0 saturated carbocycles. The molecule has 9 heteroatoms. The van der Waals surface area contributed by atoms with Crippen molar-refractivity contribution >= 4 is 11.9 Å². The van der Waals surface area contributed by atoms with Crippen LogP contribution in [0.3, 0.4) is 0 Å². The van der Waals surface area contributed by atoms with Gasteiger partial charge in [0, 0.05) is 12.5 Å². The number of carbonyl (C=O) groups is 2. The minimum Gasteiger partial charge on any atom is -0.469 e. The predicted molar refractivity (Wildman–Crippen MR) is 143 cm³/mol. The number of ether oxygens (including phenoxy) is 4. The first kappa shape index (κ1) is 27.9. The van der Waals surface area contributed by atoms with Crippen LogP contribution >= 0.6 is 0 Å². The van der Waals surface area contributed by atoms with Crippen molar-refractivity contribution in [2.45, 2.75) is 101 Å². The maximum Gasteiger partial charge on any atom is 0.339 e. The Hall–Kier alpha value is -2.62. The summed E-state index contributed by atoms with van der Waals surface area (Å²) in [6.07, 6.45) is 5.39. The lowest BCUT2D eigenvalue weighted by atomic mass is 9.77. The molecule has 3 aliphatic heterocycles. The Kier molecular flexibility index (Phi) is 7.45. The second kappa shape index (κ2) is 10.4. The van der Waals surface area contributed by atoms with E-state index in [4.69, 9.17) is 18.9 Å². The Morgan fingerprint density at radius 2 is 1.90 bits per heavy atom. The molecule has 4 aliphatic rings. The monoisotopic (exact) mass is 543 g/mol. The Balaban J connectivity index is 1.50. The number of esters is 2. The largest absolute Gasteiger partial charge is 0.469 e. The van der Waals surface area contributed by atoms with Crippen molar-refractivity contribution in [3.8, 4) is 11.5 Å². The van der Waals surface area contributed by atoms with E-state index in [0.717, 1.165) is 54.8 Å². The fourth-order valence-electron chi connectivity index (χ4n) is 6.98. The van der Waals surface area contributed by atoms with Gasteiger partial charge >= 0.3 is 11.9 Å². The summed E-state index contributed by atoms with van der Waals surface area (Å²) in [6.45, 7) is 7.43. The third-order valence-electron chi connectivity index (χ3n) is 8.92. The van der Waals surface area contributed by atoms with E-state index in [9.17, 15) is 19.8 Å². The quantitative estimate of drug-likeness (QED) is 0.357. The lowest BCUT2D eigenvalue weighted by Crippen LogP contribution is -2.49. The molecule has 3 heterocycles. The number of methoxy groups -OCH3 is 1. The van der Waals surface area contributed by atoms with E-state index in [1.165, 1.54) is 7.11 Å². The Bertz CT molecular complexity index is 1160. The van der Waals surface area contributed by atoms with Crippen LogP contribution in [0.15, 0.2) is 23.8 Å². The first-order valence-corrected chi connectivity index (χ1v) is 14.1. The van der Waals surface area contributed by atoms with Crippen molar-refractivity contribution in [2.24, 2.45) is 0 Å². The van der Waals surface area contributed by atoms with Gasteiger partial charge in [-0.2, -0.15) is 0 Å². The minimum absolute atomic E-state index is 0.0278. The molecule has 1 aromatic rings. The molecular formula is C30H41NO8. The molecule has 1 aromatic carbocycles. The number of hydrogen-bond acceptors (Lipinski definition) is 9. The number of rotatable bonds is 9. The molecule has 1 aliphatic carbocycles. The average Bonchev–Trinajstić information content (AvgIpc) is 3.56. The molecular weight excluding hydrogens is 502 g/mol. The van der Waals surface area contributed by atoms with E-state index in [1.54, 1.807) is 13.8 Å². The zero-order chi connectivity index (χ0) is 28.0. The molecule has 0 aromatic heterocycles. The topological polar surface area (TPSA) is 115 Å². The fraction of sp³-hybridized carbons (Fsp3) is 0.667. The fourth-order valence-corrected chi connectivity index (χ4v) is 6.98. The summed E-state index contributed by atoms with van der Waals surface area (Å²) in [4.78, 5) is 28.6. The van der Waals surface area contributed by atoms with Gasteiger partial charge in [-0.15, -0.1) is 0 Å². The maximum atomic E-state index is 13.8. The lowest BCUT2D eigenvalue weighted by molar-refractivity contribution is -0.177.